The number of carbonyl (C=O) groups excluding carboxylic acids is 1. The van der Waals surface area contributed by atoms with Gasteiger partial charge in [-0.05, 0) is 42.5 Å². The van der Waals surface area contributed by atoms with Crippen LogP contribution in [0.25, 0.3) is 0 Å². The Kier molecular flexibility index (Phi) is 4.76. The molecule has 4 nitrogen and oxygen atoms in total. The summed E-state index contributed by atoms with van der Waals surface area (Å²) in [6.45, 7) is 0. The maximum atomic E-state index is 11.8. The number of hydrazone groups is 1. The second-order valence-corrected chi connectivity index (χ2v) is 5.26. The summed E-state index contributed by atoms with van der Waals surface area (Å²) < 4.78 is 0.806. The maximum Gasteiger partial charge on any atom is 0.271 e. The molecule has 0 unspecified atom stereocenters. The molecule has 0 saturated heterocycles. The summed E-state index contributed by atoms with van der Waals surface area (Å²) in [4.78, 5) is 11.8. The number of phenolic OH excluding ortho intramolecular Hbond substituents is 1. The molecule has 0 radical (unpaired) electrons. The van der Waals surface area contributed by atoms with Crippen LogP contribution in [0.15, 0.2) is 52.0 Å². The molecule has 0 fully saturated rings. The first-order valence-electron chi connectivity index (χ1n) is 5.64. The number of hydrogen-bond donors (Lipinski definition) is 2. The van der Waals surface area contributed by atoms with E-state index in [-0.39, 0.29) is 11.7 Å². The van der Waals surface area contributed by atoms with E-state index in [1.54, 1.807) is 36.4 Å². The van der Waals surface area contributed by atoms with Crippen LogP contribution in [0.3, 0.4) is 0 Å². The van der Waals surface area contributed by atoms with Crippen LogP contribution in [0.2, 0.25) is 5.02 Å². The average molecular weight is 354 g/mol. The summed E-state index contributed by atoms with van der Waals surface area (Å²) in [6.07, 6.45) is 1.37. The molecular formula is C14H10BrClN2O2. The Morgan fingerprint density at radius 1 is 1.25 bits per heavy atom. The number of hydrogen-bond acceptors (Lipinski definition) is 3. The minimum atomic E-state index is -0.354. The van der Waals surface area contributed by atoms with Gasteiger partial charge in [-0.15, -0.1) is 0 Å². The highest BCUT2D eigenvalue weighted by molar-refractivity contribution is 9.10. The summed E-state index contributed by atoms with van der Waals surface area (Å²) in [5.74, 6) is -0.273. The van der Waals surface area contributed by atoms with Gasteiger partial charge in [-0.3, -0.25) is 4.79 Å². The summed E-state index contributed by atoms with van der Waals surface area (Å²) in [5, 5.41) is 14.0. The van der Waals surface area contributed by atoms with Gasteiger partial charge in [0.15, 0.2) is 0 Å². The summed E-state index contributed by atoms with van der Waals surface area (Å²) in [5.41, 5.74) is 3.32. The smallest absolute Gasteiger partial charge is 0.271 e. The summed E-state index contributed by atoms with van der Waals surface area (Å²) >= 11 is 9.03. The van der Waals surface area contributed by atoms with Crippen molar-refractivity contribution in [1.29, 1.82) is 0 Å². The molecule has 0 aliphatic heterocycles. The van der Waals surface area contributed by atoms with Gasteiger partial charge in [0.1, 0.15) is 5.75 Å². The van der Waals surface area contributed by atoms with Crippen molar-refractivity contribution < 1.29 is 9.90 Å². The number of aromatic hydroxyl groups is 1. The fourth-order valence-electron chi connectivity index (χ4n) is 1.46. The predicted octanol–water partition coefficient (Wildman–Crippen LogP) is 3.57. The number of halogens is 2. The molecule has 2 N–H and O–H groups in total. The fourth-order valence-corrected chi connectivity index (χ4v) is 1.96. The number of rotatable bonds is 3. The number of nitrogens with zero attached hydrogens (tertiary/aromatic N) is 1. The molecule has 0 aliphatic rings. The van der Waals surface area contributed by atoms with E-state index in [2.05, 4.69) is 26.5 Å². The topological polar surface area (TPSA) is 61.7 Å². The molecule has 2 rings (SSSR count). The van der Waals surface area contributed by atoms with Crippen molar-refractivity contribution in [3.05, 3.63) is 63.1 Å². The van der Waals surface area contributed by atoms with Crippen LogP contribution in [-0.2, 0) is 0 Å². The zero-order valence-corrected chi connectivity index (χ0v) is 12.5. The molecule has 0 aliphatic carbocycles. The average Bonchev–Trinajstić information content (AvgIpc) is 2.43. The van der Waals surface area contributed by atoms with Gasteiger partial charge in [-0.2, -0.15) is 5.10 Å². The number of phenols is 1. The number of carbonyl (C=O) groups is 1. The first-order chi connectivity index (χ1) is 9.56. The van der Waals surface area contributed by atoms with Crippen molar-refractivity contribution in [1.82, 2.24) is 5.43 Å². The van der Waals surface area contributed by atoms with Gasteiger partial charge in [0.2, 0.25) is 0 Å². The number of benzene rings is 2. The molecule has 2 aromatic carbocycles. The van der Waals surface area contributed by atoms with E-state index >= 15 is 0 Å². The Balaban J connectivity index is 2.04. The standard InChI is InChI=1S/C14H10BrClN2O2/c15-11-3-6-13(19)10(7-11)8-17-18-14(20)9-1-4-12(16)5-2-9/h1-8,19H,(H,18,20)/b17-8-. The van der Waals surface area contributed by atoms with Crippen LogP contribution in [0, 0.1) is 0 Å². The Morgan fingerprint density at radius 2 is 1.95 bits per heavy atom. The number of nitrogens with one attached hydrogen (secondary N) is 1. The normalized spacial score (nSPS) is 10.7. The third-order valence-corrected chi connectivity index (χ3v) is 3.21. The van der Waals surface area contributed by atoms with Gasteiger partial charge in [0.05, 0.1) is 6.21 Å². The maximum absolute atomic E-state index is 11.8. The van der Waals surface area contributed by atoms with E-state index in [0.29, 0.717) is 16.1 Å². The molecule has 0 heterocycles. The number of amides is 1. The predicted molar refractivity (Wildman–Crippen MR) is 82.3 cm³/mol. The quantitative estimate of drug-likeness (QED) is 0.654. The van der Waals surface area contributed by atoms with Gasteiger partial charge < -0.3 is 5.11 Å². The lowest BCUT2D eigenvalue weighted by Gasteiger charge is -2.01. The van der Waals surface area contributed by atoms with Crippen molar-refractivity contribution in [2.45, 2.75) is 0 Å². The van der Waals surface area contributed by atoms with E-state index in [1.165, 1.54) is 12.3 Å². The van der Waals surface area contributed by atoms with Crippen LogP contribution in [0.1, 0.15) is 15.9 Å². The molecule has 0 saturated carbocycles. The molecule has 102 valence electrons. The van der Waals surface area contributed by atoms with Gasteiger partial charge in [-0.25, -0.2) is 5.43 Å². The minimum Gasteiger partial charge on any atom is -0.507 e. The molecule has 0 bridgehead atoms. The van der Waals surface area contributed by atoms with Crippen LogP contribution < -0.4 is 5.43 Å². The first-order valence-corrected chi connectivity index (χ1v) is 6.81. The van der Waals surface area contributed by atoms with Crippen LogP contribution in [-0.4, -0.2) is 17.2 Å². The monoisotopic (exact) mass is 352 g/mol. The Bertz CT molecular complexity index is 657. The van der Waals surface area contributed by atoms with Crippen LogP contribution in [0.4, 0.5) is 0 Å². The molecular weight excluding hydrogens is 344 g/mol. The van der Waals surface area contributed by atoms with Gasteiger partial charge in [0, 0.05) is 20.6 Å². The van der Waals surface area contributed by atoms with E-state index in [9.17, 15) is 9.90 Å². The molecule has 2 aromatic rings. The van der Waals surface area contributed by atoms with Crippen molar-refractivity contribution in [3.8, 4) is 5.75 Å². The highest BCUT2D eigenvalue weighted by Crippen LogP contribution is 2.19. The molecule has 1 amide bonds. The van der Waals surface area contributed by atoms with Crippen LogP contribution in [0.5, 0.6) is 5.75 Å². The van der Waals surface area contributed by atoms with Crippen molar-refractivity contribution >= 4 is 39.7 Å². The summed E-state index contributed by atoms with van der Waals surface area (Å²) in [7, 11) is 0. The third-order valence-electron chi connectivity index (χ3n) is 2.47. The first kappa shape index (κ1) is 14.6. The Hall–Kier alpha value is -1.85. The highest BCUT2D eigenvalue weighted by atomic mass is 79.9. The second-order valence-electron chi connectivity index (χ2n) is 3.91. The van der Waals surface area contributed by atoms with Crippen molar-refractivity contribution in [3.63, 3.8) is 0 Å². The molecule has 0 spiro atoms. The van der Waals surface area contributed by atoms with Gasteiger partial charge in [-0.1, -0.05) is 27.5 Å². The zero-order chi connectivity index (χ0) is 14.5. The fraction of sp³-hybridized carbons (Fsp3) is 0. The van der Waals surface area contributed by atoms with Crippen molar-refractivity contribution in [2.75, 3.05) is 0 Å². The Labute approximate surface area is 129 Å². The third kappa shape index (κ3) is 3.82. The van der Waals surface area contributed by atoms with Crippen LogP contribution >= 0.6 is 27.5 Å². The lowest BCUT2D eigenvalue weighted by molar-refractivity contribution is 0.0955. The zero-order valence-electron chi connectivity index (χ0n) is 10.2. The second kappa shape index (κ2) is 6.54. The highest BCUT2D eigenvalue weighted by Gasteiger charge is 2.03. The van der Waals surface area contributed by atoms with Gasteiger partial charge >= 0.3 is 0 Å². The Morgan fingerprint density at radius 3 is 2.65 bits per heavy atom. The molecule has 0 aromatic heterocycles. The molecule has 0 atom stereocenters. The minimum absolute atomic E-state index is 0.0812. The van der Waals surface area contributed by atoms with Crippen molar-refractivity contribution in [2.24, 2.45) is 5.10 Å². The lowest BCUT2D eigenvalue weighted by atomic mass is 10.2. The SMILES string of the molecule is O=C(N/N=C\c1cc(Br)ccc1O)c1ccc(Cl)cc1. The van der Waals surface area contributed by atoms with E-state index in [4.69, 9.17) is 11.6 Å². The van der Waals surface area contributed by atoms with E-state index in [1.807, 2.05) is 0 Å². The lowest BCUT2D eigenvalue weighted by Crippen LogP contribution is -2.17. The van der Waals surface area contributed by atoms with Gasteiger partial charge in [0.25, 0.3) is 5.91 Å². The largest absolute Gasteiger partial charge is 0.507 e. The molecule has 6 heteroatoms. The summed E-state index contributed by atoms with van der Waals surface area (Å²) in [6, 6.07) is 11.4. The molecule has 20 heavy (non-hydrogen) atoms. The van der Waals surface area contributed by atoms with E-state index < -0.39 is 0 Å². The van der Waals surface area contributed by atoms with E-state index in [0.717, 1.165) is 4.47 Å².